The largest absolute Gasteiger partial charge is 0.263 e. The molecule has 8 aromatic rings. The summed E-state index contributed by atoms with van der Waals surface area (Å²) in [5, 5.41) is 24.2. The van der Waals surface area contributed by atoms with E-state index in [4.69, 9.17) is 0 Å². The van der Waals surface area contributed by atoms with Crippen molar-refractivity contribution in [3.8, 4) is 67.8 Å². The molecule has 0 aliphatic carbocycles. The lowest BCUT2D eigenvalue weighted by Gasteiger charge is -2.19. The standard InChI is InChI=1S/C44H26N4/c45-25-35-27-47-20-18-37(35)31-10-6-12-33(22-31)43-39-14-4-5-15-40(39)44(42-24-30(16-17-41(42)43)29-8-2-1-3-9-29)34-13-7-11-32(23-34)38-19-21-48-28-36(38)26-46/h1-24,27-28H. The maximum Gasteiger partial charge on any atom is 0.101 e. The van der Waals surface area contributed by atoms with Gasteiger partial charge in [0, 0.05) is 35.9 Å². The van der Waals surface area contributed by atoms with E-state index in [0.29, 0.717) is 11.1 Å². The van der Waals surface area contributed by atoms with Crippen LogP contribution in [-0.2, 0) is 0 Å². The lowest BCUT2D eigenvalue weighted by Crippen LogP contribution is -1.93. The lowest BCUT2D eigenvalue weighted by atomic mass is 9.84. The van der Waals surface area contributed by atoms with Crippen molar-refractivity contribution < 1.29 is 0 Å². The van der Waals surface area contributed by atoms with Crippen LogP contribution < -0.4 is 0 Å². The van der Waals surface area contributed by atoms with Crippen molar-refractivity contribution in [2.45, 2.75) is 0 Å². The van der Waals surface area contributed by atoms with Crippen LogP contribution in [0.5, 0.6) is 0 Å². The van der Waals surface area contributed by atoms with Gasteiger partial charge in [0.25, 0.3) is 0 Å². The normalized spacial score (nSPS) is 10.9. The molecule has 222 valence electrons. The Balaban J connectivity index is 1.44. The molecule has 0 unspecified atom stereocenters. The predicted molar refractivity (Wildman–Crippen MR) is 194 cm³/mol. The molecule has 0 spiro atoms. The monoisotopic (exact) mass is 610 g/mol. The van der Waals surface area contributed by atoms with Crippen LogP contribution >= 0.6 is 0 Å². The third-order valence-corrected chi connectivity index (χ3v) is 8.94. The van der Waals surface area contributed by atoms with Gasteiger partial charge >= 0.3 is 0 Å². The van der Waals surface area contributed by atoms with E-state index in [1.165, 1.54) is 0 Å². The fourth-order valence-electron chi connectivity index (χ4n) is 6.77. The van der Waals surface area contributed by atoms with Gasteiger partial charge in [0.2, 0.25) is 0 Å². The Morgan fingerprint density at radius 1 is 0.375 bits per heavy atom. The number of fused-ring (bicyclic) bond motifs is 2. The summed E-state index contributed by atoms with van der Waals surface area (Å²) in [6, 6.07) is 51.0. The first-order valence-corrected chi connectivity index (χ1v) is 15.7. The number of benzene rings is 6. The van der Waals surface area contributed by atoms with Crippen LogP contribution in [0.2, 0.25) is 0 Å². The van der Waals surface area contributed by atoms with Crippen molar-refractivity contribution in [1.82, 2.24) is 9.97 Å². The Morgan fingerprint density at radius 3 is 1.42 bits per heavy atom. The molecule has 6 aromatic carbocycles. The molecule has 4 heteroatoms. The molecule has 48 heavy (non-hydrogen) atoms. The molecular formula is C44H26N4. The Kier molecular flexibility index (Phi) is 7.23. The van der Waals surface area contributed by atoms with Gasteiger partial charge in [-0.1, -0.05) is 103 Å². The number of nitrogens with zero attached hydrogens (tertiary/aromatic N) is 4. The number of hydrogen-bond donors (Lipinski definition) is 0. The maximum atomic E-state index is 9.84. The van der Waals surface area contributed by atoms with Crippen molar-refractivity contribution in [2.24, 2.45) is 0 Å². The average Bonchev–Trinajstić information content (AvgIpc) is 3.17. The third-order valence-electron chi connectivity index (χ3n) is 8.94. The van der Waals surface area contributed by atoms with Gasteiger partial charge in [-0.05, 0) is 96.4 Å². The first-order chi connectivity index (χ1) is 23.7. The number of pyridine rings is 2. The van der Waals surface area contributed by atoms with Gasteiger partial charge in [-0.15, -0.1) is 0 Å². The summed E-state index contributed by atoms with van der Waals surface area (Å²) in [4.78, 5) is 8.34. The molecule has 0 aliphatic rings. The molecule has 0 radical (unpaired) electrons. The van der Waals surface area contributed by atoms with Gasteiger partial charge in [0.15, 0.2) is 0 Å². The smallest absolute Gasteiger partial charge is 0.101 e. The van der Waals surface area contributed by atoms with Gasteiger partial charge in [0.05, 0.1) is 11.1 Å². The molecule has 0 N–H and O–H groups in total. The summed E-state index contributed by atoms with van der Waals surface area (Å²) in [6.45, 7) is 0. The van der Waals surface area contributed by atoms with Crippen LogP contribution in [0.15, 0.2) is 158 Å². The van der Waals surface area contributed by atoms with E-state index in [1.807, 2.05) is 30.3 Å². The van der Waals surface area contributed by atoms with Crippen molar-refractivity contribution in [1.29, 1.82) is 10.5 Å². The van der Waals surface area contributed by atoms with Crippen molar-refractivity contribution >= 4 is 21.5 Å². The molecule has 4 nitrogen and oxygen atoms in total. The minimum Gasteiger partial charge on any atom is -0.263 e. The summed E-state index contributed by atoms with van der Waals surface area (Å²) in [7, 11) is 0. The zero-order chi connectivity index (χ0) is 32.5. The molecule has 0 atom stereocenters. The van der Waals surface area contributed by atoms with E-state index in [2.05, 4.69) is 125 Å². The second-order valence-corrected chi connectivity index (χ2v) is 11.6. The minimum absolute atomic E-state index is 0.541. The second kappa shape index (κ2) is 12.1. The van der Waals surface area contributed by atoms with Gasteiger partial charge in [0.1, 0.15) is 12.1 Å². The van der Waals surface area contributed by atoms with Gasteiger partial charge in [-0.3, -0.25) is 9.97 Å². The van der Waals surface area contributed by atoms with Crippen LogP contribution in [0, 0.1) is 22.7 Å². The van der Waals surface area contributed by atoms with Gasteiger partial charge < -0.3 is 0 Å². The quantitative estimate of drug-likeness (QED) is 0.182. The van der Waals surface area contributed by atoms with E-state index in [1.54, 1.807) is 24.8 Å². The maximum absolute atomic E-state index is 9.84. The Bertz CT molecular complexity index is 2590. The summed E-state index contributed by atoms with van der Waals surface area (Å²) in [5.74, 6) is 0. The average molecular weight is 611 g/mol. The molecular weight excluding hydrogens is 585 g/mol. The second-order valence-electron chi connectivity index (χ2n) is 11.6. The Morgan fingerprint density at radius 2 is 0.854 bits per heavy atom. The highest BCUT2D eigenvalue weighted by Gasteiger charge is 2.19. The molecule has 0 amide bonds. The fraction of sp³-hybridized carbons (Fsp3) is 0. The summed E-state index contributed by atoms with van der Waals surface area (Å²) in [5.41, 5.74) is 11.4. The highest BCUT2D eigenvalue weighted by molar-refractivity contribution is 6.22. The van der Waals surface area contributed by atoms with E-state index < -0.39 is 0 Å². The topological polar surface area (TPSA) is 73.4 Å². The predicted octanol–water partition coefficient (Wildman–Crippen LogP) is 10.9. The highest BCUT2D eigenvalue weighted by atomic mass is 14.6. The number of hydrogen-bond acceptors (Lipinski definition) is 4. The van der Waals surface area contributed by atoms with Gasteiger partial charge in [-0.25, -0.2) is 0 Å². The first kappa shape index (κ1) is 28.6. The molecule has 0 saturated carbocycles. The molecule has 2 heterocycles. The van der Waals surface area contributed by atoms with E-state index in [9.17, 15) is 10.5 Å². The zero-order valence-corrected chi connectivity index (χ0v) is 25.8. The Hall–Kier alpha value is -6.88. The summed E-state index contributed by atoms with van der Waals surface area (Å²) >= 11 is 0. The Labute approximate surface area is 278 Å². The molecule has 0 aliphatic heterocycles. The van der Waals surface area contributed by atoms with E-state index in [0.717, 1.165) is 77.2 Å². The van der Waals surface area contributed by atoms with Crippen LogP contribution in [0.3, 0.4) is 0 Å². The number of nitriles is 2. The number of aromatic nitrogens is 2. The molecule has 0 saturated heterocycles. The molecule has 8 rings (SSSR count). The zero-order valence-electron chi connectivity index (χ0n) is 25.8. The van der Waals surface area contributed by atoms with Crippen LogP contribution in [-0.4, -0.2) is 9.97 Å². The third kappa shape index (κ3) is 4.95. The minimum atomic E-state index is 0.541. The highest BCUT2D eigenvalue weighted by Crippen LogP contribution is 2.46. The summed E-state index contributed by atoms with van der Waals surface area (Å²) in [6.07, 6.45) is 6.70. The molecule has 0 bridgehead atoms. The fourth-order valence-corrected chi connectivity index (χ4v) is 6.77. The lowest BCUT2D eigenvalue weighted by molar-refractivity contribution is 1.30. The van der Waals surface area contributed by atoms with Crippen LogP contribution in [0.1, 0.15) is 11.1 Å². The van der Waals surface area contributed by atoms with E-state index in [-0.39, 0.29) is 0 Å². The van der Waals surface area contributed by atoms with Crippen LogP contribution in [0.25, 0.3) is 77.2 Å². The van der Waals surface area contributed by atoms with Crippen molar-refractivity contribution in [3.63, 3.8) is 0 Å². The SMILES string of the molecule is N#Cc1cnccc1-c1cccc(-c2c3ccccc3c(-c3cccc(-c4ccncc4C#N)c3)c3cc(-c4ccccc4)ccc23)c1. The summed E-state index contributed by atoms with van der Waals surface area (Å²) < 4.78 is 0. The molecule has 0 fully saturated rings. The van der Waals surface area contributed by atoms with E-state index >= 15 is 0 Å². The van der Waals surface area contributed by atoms with Crippen LogP contribution in [0.4, 0.5) is 0 Å². The number of rotatable bonds is 5. The van der Waals surface area contributed by atoms with Gasteiger partial charge in [-0.2, -0.15) is 10.5 Å². The van der Waals surface area contributed by atoms with Crippen molar-refractivity contribution in [2.75, 3.05) is 0 Å². The first-order valence-electron chi connectivity index (χ1n) is 15.7. The molecule has 2 aromatic heterocycles. The van der Waals surface area contributed by atoms with Crippen molar-refractivity contribution in [3.05, 3.63) is 169 Å².